The van der Waals surface area contributed by atoms with Gasteiger partial charge < -0.3 is 15.0 Å². The standard InChI is InChI=1S/C21H26FN3O2/c1-2-27-20-9-5-18(6-10-20)23-21(26)11-12-24-13-15-25(16-14-24)19-7-3-17(22)4-8-19/h3-10H,2,11-16H2,1H3,(H,23,26). The third kappa shape index (κ3) is 5.69. The molecular weight excluding hydrogens is 345 g/mol. The van der Waals surface area contributed by atoms with Crippen LogP contribution in [0.4, 0.5) is 15.8 Å². The van der Waals surface area contributed by atoms with Gasteiger partial charge in [0.1, 0.15) is 11.6 Å². The summed E-state index contributed by atoms with van der Waals surface area (Å²) in [5.74, 6) is 0.602. The summed E-state index contributed by atoms with van der Waals surface area (Å²) in [7, 11) is 0. The molecule has 0 spiro atoms. The Balaban J connectivity index is 1.39. The van der Waals surface area contributed by atoms with Crippen molar-refractivity contribution in [3.8, 4) is 5.75 Å². The number of halogens is 1. The highest BCUT2D eigenvalue weighted by Crippen LogP contribution is 2.18. The fourth-order valence-corrected chi connectivity index (χ4v) is 3.17. The molecule has 0 aromatic heterocycles. The van der Waals surface area contributed by atoms with E-state index in [-0.39, 0.29) is 11.7 Å². The van der Waals surface area contributed by atoms with E-state index < -0.39 is 0 Å². The number of hydrogen-bond acceptors (Lipinski definition) is 4. The first-order chi connectivity index (χ1) is 13.1. The van der Waals surface area contributed by atoms with Crippen LogP contribution >= 0.6 is 0 Å². The Bertz CT molecular complexity index is 726. The van der Waals surface area contributed by atoms with Gasteiger partial charge in [-0.25, -0.2) is 4.39 Å². The lowest BCUT2D eigenvalue weighted by atomic mass is 10.2. The van der Waals surface area contributed by atoms with Crippen molar-refractivity contribution in [2.45, 2.75) is 13.3 Å². The van der Waals surface area contributed by atoms with E-state index >= 15 is 0 Å². The summed E-state index contributed by atoms with van der Waals surface area (Å²) >= 11 is 0. The average molecular weight is 371 g/mol. The predicted molar refractivity (Wildman–Crippen MR) is 106 cm³/mol. The maximum atomic E-state index is 13.0. The van der Waals surface area contributed by atoms with Crippen LogP contribution in [0.5, 0.6) is 5.75 Å². The molecule has 2 aromatic rings. The molecule has 0 radical (unpaired) electrons. The number of rotatable bonds is 7. The molecule has 3 rings (SSSR count). The molecule has 1 amide bonds. The van der Waals surface area contributed by atoms with E-state index in [1.165, 1.54) is 12.1 Å². The summed E-state index contributed by atoms with van der Waals surface area (Å²) in [4.78, 5) is 16.7. The van der Waals surface area contributed by atoms with Gasteiger partial charge in [0.2, 0.25) is 5.91 Å². The number of piperazine rings is 1. The Hall–Kier alpha value is -2.60. The molecule has 1 aliphatic rings. The Morgan fingerprint density at radius 1 is 1.04 bits per heavy atom. The number of nitrogens with zero attached hydrogens (tertiary/aromatic N) is 2. The van der Waals surface area contributed by atoms with Crippen molar-refractivity contribution in [1.29, 1.82) is 0 Å². The van der Waals surface area contributed by atoms with E-state index in [1.807, 2.05) is 43.3 Å². The molecule has 144 valence electrons. The van der Waals surface area contributed by atoms with Crippen LogP contribution in [0.1, 0.15) is 13.3 Å². The smallest absolute Gasteiger partial charge is 0.225 e. The lowest BCUT2D eigenvalue weighted by Crippen LogP contribution is -2.47. The number of carbonyl (C=O) groups is 1. The molecule has 1 N–H and O–H groups in total. The Labute approximate surface area is 159 Å². The number of carbonyl (C=O) groups excluding carboxylic acids is 1. The second kappa shape index (κ2) is 9.37. The van der Waals surface area contributed by atoms with Gasteiger partial charge in [0, 0.05) is 50.5 Å². The normalized spacial score (nSPS) is 14.8. The summed E-state index contributed by atoms with van der Waals surface area (Å²) in [6, 6.07) is 14.0. The Morgan fingerprint density at radius 2 is 1.70 bits per heavy atom. The molecule has 0 aliphatic carbocycles. The average Bonchev–Trinajstić information content (AvgIpc) is 2.69. The van der Waals surface area contributed by atoms with Gasteiger partial charge in [0.15, 0.2) is 0 Å². The van der Waals surface area contributed by atoms with Gasteiger partial charge in [-0.2, -0.15) is 0 Å². The quantitative estimate of drug-likeness (QED) is 0.811. The highest BCUT2D eigenvalue weighted by molar-refractivity contribution is 5.90. The van der Waals surface area contributed by atoms with Gasteiger partial charge in [-0.1, -0.05) is 0 Å². The molecule has 1 aliphatic heterocycles. The minimum Gasteiger partial charge on any atom is -0.494 e. The third-order valence-electron chi connectivity index (χ3n) is 4.67. The van der Waals surface area contributed by atoms with Gasteiger partial charge in [-0.05, 0) is 55.5 Å². The van der Waals surface area contributed by atoms with E-state index in [4.69, 9.17) is 4.74 Å². The van der Waals surface area contributed by atoms with Crippen molar-refractivity contribution in [3.05, 3.63) is 54.3 Å². The molecule has 0 unspecified atom stereocenters. The number of benzene rings is 2. The van der Waals surface area contributed by atoms with Crippen molar-refractivity contribution in [2.24, 2.45) is 0 Å². The SMILES string of the molecule is CCOc1ccc(NC(=O)CCN2CCN(c3ccc(F)cc3)CC2)cc1. The van der Waals surface area contributed by atoms with Crippen LogP contribution in [0.3, 0.4) is 0 Å². The fourth-order valence-electron chi connectivity index (χ4n) is 3.17. The zero-order chi connectivity index (χ0) is 19.1. The highest BCUT2D eigenvalue weighted by Gasteiger charge is 2.17. The monoisotopic (exact) mass is 371 g/mol. The van der Waals surface area contributed by atoms with Crippen LogP contribution in [0, 0.1) is 5.82 Å². The van der Waals surface area contributed by atoms with E-state index in [0.29, 0.717) is 13.0 Å². The molecule has 5 nitrogen and oxygen atoms in total. The topological polar surface area (TPSA) is 44.8 Å². The Kier molecular flexibility index (Phi) is 6.65. The first-order valence-corrected chi connectivity index (χ1v) is 9.39. The summed E-state index contributed by atoms with van der Waals surface area (Å²) in [6.07, 6.45) is 0.462. The van der Waals surface area contributed by atoms with Crippen LogP contribution in [0.2, 0.25) is 0 Å². The van der Waals surface area contributed by atoms with Gasteiger partial charge >= 0.3 is 0 Å². The van der Waals surface area contributed by atoms with Crippen molar-refractivity contribution in [2.75, 3.05) is 49.5 Å². The zero-order valence-corrected chi connectivity index (χ0v) is 15.7. The maximum absolute atomic E-state index is 13.0. The fraction of sp³-hybridized carbons (Fsp3) is 0.381. The first-order valence-electron chi connectivity index (χ1n) is 9.39. The second-order valence-electron chi connectivity index (χ2n) is 6.56. The number of amides is 1. The van der Waals surface area contributed by atoms with Gasteiger partial charge in [-0.15, -0.1) is 0 Å². The zero-order valence-electron chi connectivity index (χ0n) is 15.7. The maximum Gasteiger partial charge on any atom is 0.225 e. The molecule has 1 saturated heterocycles. The number of anilines is 2. The molecular formula is C21H26FN3O2. The minimum atomic E-state index is -0.212. The van der Waals surface area contributed by atoms with Crippen LogP contribution in [0.25, 0.3) is 0 Å². The summed E-state index contributed by atoms with van der Waals surface area (Å²) in [5.41, 5.74) is 1.83. The molecule has 0 atom stereocenters. The molecule has 0 bridgehead atoms. The largest absolute Gasteiger partial charge is 0.494 e. The summed E-state index contributed by atoms with van der Waals surface area (Å²) < 4.78 is 18.4. The van der Waals surface area contributed by atoms with E-state index in [2.05, 4.69) is 15.1 Å². The number of nitrogens with one attached hydrogen (secondary N) is 1. The molecule has 6 heteroatoms. The lowest BCUT2D eigenvalue weighted by molar-refractivity contribution is -0.116. The van der Waals surface area contributed by atoms with E-state index in [0.717, 1.165) is 49.8 Å². The van der Waals surface area contributed by atoms with Gasteiger partial charge in [0.25, 0.3) is 0 Å². The second-order valence-corrected chi connectivity index (χ2v) is 6.56. The predicted octanol–water partition coefficient (Wildman–Crippen LogP) is 3.38. The van der Waals surface area contributed by atoms with Crippen LogP contribution in [-0.4, -0.2) is 50.1 Å². The van der Waals surface area contributed by atoms with Crippen molar-refractivity contribution in [1.82, 2.24) is 4.90 Å². The molecule has 1 heterocycles. The van der Waals surface area contributed by atoms with Crippen molar-refractivity contribution in [3.63, 3.8) is 0 Å². The van der Waals surface area contributed by atoms with Crippen LogP contribution in [0.15, 0.2) is 48.5 Å². The van der Waals surface area contributed by atoms with E-state index in [9.17, 15) is 9.18 Å². The molecule has 27 heavy (non-hydrogen) atoms. The van der Waals surface area contributed by atoms with Crippen LogP contribution < -0.4 is 15.0 Å². The van der Waals surface area contributed by atoms with Crippen molar-refractivity contribution >= 4 is 17.3 Å². The molecule has 2 aromatic carbocycles. The van der Waals surface area contributed by atoms with Crippen molar-refractivity contribution < 1.29 is 13.9 Å². The minimum absolute atomic E-state index is 0.0140. The highest BCUT2D eigenvalue weighted by atomic mass is 19.1. The van der Waals surface area contributed by atoms with Gasteiger partial charge in [0.05, 0.1) is 6.61 Å². The van der Waals surface area contributed by atoms with Gasteiger partial charge in [-0.3, -0.25) is 9.69 Å². The summed E-state index contributed by atoms with van der Waals surface area (Å²) in [6.45, 7) is 6.86. The lowest BCUT2D eigenvalue weighted by Gasteiger charge is -2.36. The summed E-state index contributed by atoms with van der Waals surface area (Å²) in [5, 5.41) is 2.92. The molecule has 0 saturated carbocycles. The van der Waals surface area contributed by atoms with Crippen LogP contribution in [-0.2, 0) is 4.79 Å². The van der Waals surface area contributed by atoms with E-state index in [1.54, 1.807) is 0 Å². The number of ether oxygens (including phenoxy) is 1. The Morgan fingerprint density at radius 3 is 2.33 bits per heavy atom. The third-order valence-corrected chi connectivity index (χ3v) is 4.67. The molecule has 1 fully saturated rings. The first kappa shape index (κ1) is 19.2. The number of hydrogen-bond donors (Lipinski definition) is 1.